The number of imide groups is 1. The molecule has 15 nitrogen and oxygen atoms in total. The highest BCUT2D eigenvalue weighted by Crippen LogP contribution is 2.72. The standard InChI is InChI=1S/C25H29N2O13PS2/c1-6-39-21(28)20(41(36-3,37-4)38-5)25(23(30)40-7-2)22(29)26(42(32,33)18-14-10-8-11-15-18)24(31)27(25)43(34,35)19-16-12-9-13-17-19/h8-17H,6-7H2,1-5H3/b21-20+. The minimum absolute atomic E-state index is 0.325. The highest BCUT2D eigenvalue weighted by molar-refractivity contribution is 7.91. The lowest BCUT2D eigenvalue weighted by molar-refractivity contribution is -0.358. The predicted octanol–water partition coefficient (Wildman–Crippen LogP) is 1.60. The van der Waals surface area contributed by atoms with Crippen molar-refractivity contribution in [1.82, 2.24) is 8.61 Å². The number of hydrogen-bond donors (Lipinski definition) is 0. The van der Waals surface area contributed by atoms with E-state index in [2.05, 4.69) is 0 Å². The summed E-state index contributed by atoms with van der Waals surface area (Å²) in [4.78, 5) is 41.5. The van der Waals surface area contributed by atoms with Crippen LogP contribution in [0.25, 0.3) is 0 Å². The summed E-state index contributed by atoms with van der Waals surface area (Å²) in [5.41, 5.74) is -3.72. The predicted molar refractivity (Wildman–Crippen MR) is 147 cm³/mol. The number of nitrogens with zero attached hydrogens (tertiary/aromatic N) is 2. The maximum atomic E-state index is 14.5. The monoisotopic (exact) mass is 660 g/mol. The Balaban J connectivity index is 2.65. The van der Waals surface area contributed by atoms with Gasteiger partial charge in [0, 0.05) is 0 Å². The third kappa shape index (κ3) is 5.36. The SMILES string of the molecule is CCOC(=O)C1(/C(=C(/[O-])OCC)[P+](OC)(OC)OC)C(=O)N(S(=O)(=O)c2ccccc2)C(=O)N1S(=O)(=O)c1ccccc1. The van der Waals surface area contributed by atoms with Gasteiger partial charge in [-0.1, -0.05) is 43.3 Å². The molecule has 43 heavy (non-hydrogen) atoms. The van der Waals surface area contributed by atoms with Crippen LogP contribution >= 0.6 is 7.94 Å². The normalized spacial score (nSPS) is 18.4. The van der Waals surface area contributed by atoms with Crippen LogP contribution in [0.2, 0.25) is 0 Å². The molecule has 1 saturated heterocycles. The molecule has 0 radical (unpaired) electrons. The number of hydrogen-bond acceptors (Lipinski definition) is 13. The molecule has 3 rings (SSSR count). The van der Waals surface area contributed by atoms with Crippen molar-refractivity contribution in [1.29, 1.82) is 0 Å². The van der Waals surface area contributed by atoms with Gasteiger partial charge in [0.1, 0.15) is 5.95 Å². The Labute approximate surface area is 249 Å². The second-order valence-corrected chi connectivity index (χ2v) is 14.4. The molecule has 18 heteroatoms. The van der Waals surface area contributed by atoms with E-state index in [-0.39, 0.29) is 4.31 Å². The van der Waals surface area contributed by atoms with Crippen LogP contribution in [-0.4, -0.2) is 83.4 Å². The number of urea groups is 1. The Morgan fingerprint density at radius 2 is 1.23 bits per heavy atom. The Kier molecular flexibility index (Phi) is 10.2. The van der Waals surface area contributed by atoms with E-state index in [1.807, 2.05) is 0 Å². The van der Waals surface area contributed by atoms with Crippen molar-refractivity contribution in [3.05, 3.63) is 71.9 Å². The van der Waals surface area contributed by atoms with E-state index in [0.717, 1.165) is 45.6 Å². The van der Waals surface area contributed by atoms with Gasteiger partial charge in [0.15, 0.2) is 0 Å². The van der Waals surface area contributed by atoms with Gasteiger partial charge in [-0.2, -0.15) is 17.9 Å². The number of esters is 1. The number of carbonyl (C=O) groups is 3. The quantitative estimate of drug-likeness (QED) is 0.0989. The van der Waals surface area contributed by atoms with Gasteiger partial charge in [-0.3, -0.25) is 4.79 Å². The molecule has 0 spiro atoms. The van der Waals surface area contributed by atoms with Gasteiger partial charge in [0.25, 0.3) is 26.0 Å². The maximum absolute atomic E-state index is 14.5. The minimum Gasteiger partial charge on any atom is -0.611 e. The van der Waals surface area contributed by atoms with E-state index in [9.17, 15) is 36.3 Å². The summed E-state index contributed by atoms with van der Waals surface area (Å²) in [6.45, 7) is 1.74. The summed E-state index contributed by atoms with van der Waals surface area (Å²) in [7, 11) is -12.2. The summed E-state index contributed by atoms with van der Waals surface area (Å²) < 4.78 is 81.6. The van der Waals surface area contributed by atoms with Crippen LogP contribution in [-0.2, 0) is 52.7 Å². The average molecular weight is 661 g/mol. The second kappa shape index (κ2) is 13.0. The van der Waals surface area contributed by atoms with Gasteiger partial charge in [-0.25, -0.2) is 26.4 Å². The molecule has 3 amide bonds. The largest absolute Gasteiger partial charge is 0.611 e. The Morgan fingerprint density at radius 3 is 1.65 bits per heavy atom. The van der Waals surface area contributed by atoms with E-state index in [4.69, 9.17) is 23.0 Å². The molecule has 0 saturated carbocycles. The summed E-state index contributed by atoms with van der Waals surface area (Å²) in [5.74, 6) is -5.39. The lowest BCUT2D eigenvalue weighted by Crippen LogP contribution is -2.61. The first-order valence-electron chi connectivity index (χ1n) is 12.4. The van der Waals surface area contributed by atoms with Crippen molar-refractivity contribution in [3.8, 4) is 0 Å². The minimum atomic E-state index is -5.37. The Hall–Kier alpha value is -3.60. The van der Waals surface area contributed by atoms with Crippen LogP contribution in [0.3, 0.4) is 0 Å². The molecule has 0 aromatic heterocycles. The highest BCUT2D eigenvalue weighted by atomic mass is 32.2. The first-order chi connectivity index (χ1) is 20.3. The zero-order valence-corrected chi connectivity index (χ0v) is 26.2. The van der Waals surface area contributed by atoms with E-state index in [1.165, 1.54) is 50.2 Å². The van der Waals surface area contributed by atoms with Gasteiger partial charge in [0.05, 0.1) is 37.7 Å². The first-order valence-corrected chi connectivity index (χ1v) is 16.8. The molecule has 1 heterocycles. The molecule has 0 bridgehead atoms. The highest BCUT2D eigenvalue weighted by Gasteiger charge is 2.80. The van der Waals surface area contributed by atoms with Crippen molar-refractivity contribution in [2.75, 3.05) is 34.5 Å². The molecule has 234 valence electrons. The molecule has 0 N–H and O–H groups in total. The molecule has 0 aliphatic carbocycles. The number of ether oxygens (including phenoxy) is 2. The Bertz CT molecular complexity index is 1600. The molecule has 1 unspecified atom stereocenters. The van der Waals surface area contributed by atoms with Crippen LogP contribution in [0.1, 0.15) is 13.8 Å². The van der Waals surface area contributed by atoms with Gasteiger partial charge in [0.2, 0.25) is 5.31 Å². The third-order valence-corrected chi connectivity index (χ3v) is 12.0. The van der Waals surface area contributed by atoms with E-state index >= 15 is 0 Å². The van der Waals surface area contributed by atoms with Crippen molar-refractivity contribution >= 4 is 45.9 Å². The lowest BCUT2D eigenvalue weighted by Gasteiger charge is -2.36. The molecule has 1 atom stereocenters. The molecule has 2 aromatic rings. The molecule has 1 fully saturated rings. The molecule has 1 aliphatic rings. The first kappa shape index (κ1) is 33.9. The second-order valence-electron chi connectivity index (χ2n) is 8.30. The number of sulfonamides is 2. The molecular formula is C25H29N2O13PS2. The zero-order valence-electron chi connectivity index (χ0n) is 23.7. The molecule has 2 aromatic carbocycles. The van der Waals surface area contributed by atoms with Crippen molar-refractivity contribution < 1.29 is 59.4 Å². The van der Waals surface area contributed by atoms with E-state index < -0.39 is 90.0 Å². The number of carbonyl (C=O) groups excluding carboxylic acids is 3. The fourth-order valence-corrected chi connectivity index (χ4v) is 9.33. The average Bonchev–Trinajstić information content (AvgIpc) is 3.24. The van der Waals surface area contributed by atoms with Crippen LogP contribution in [0.15, 0.2) is 81.7 Å². The molecular weight excluding hydrogens is 631 g/mol. The topological polar surface area (TPSA) is 195 Å². The van der Waals surface area contributed by atoms with Crippen molar-refractivity contribution in [3.63, 3.8) is 0 Å². The van der Waals surface area contributed by atoms with E-state index in [0.29, 0.717) is 0 Å². The van der Waals surface area contributed by atoms with Crippen LogP contribution in [0.5, 0.6) is 0 Å². The summed E-state index contributed by atoms with van der Waals surface area (Å²) in [6.07, 6.45) is 0. The van der Waals surface area contributed by atoms with Crippen LogP contribution < -0.4 is 5.11 Å². The fraction of sp³-hybridized carbons (Fsp3) is 0.320. The number of benzene rings is 2. The van der Waals surface area contributed by atoms with Crippen LogP contribution in [0, 0.1) is 0 Å². The van der Waals surface area contributed by atoms with Crippen LogP contribution in [0.4, 0.5) is 4.79 Å². The van der Waals surface area contributed by atoms with Gasteiger partial charge >= 0.3 is 25.5 Å². The Morgan fingerprint density at radius 1 is 0.791 bits per heavy atom. The van der Waals surface area contributed by atoms with Gasteiger partial charge in [-0.05, 0) is 37.8 Å². The third-order valence-electron chi connectivity index (χ3n) is 6.09. The molecule has 1 aliphatic heterocycles. The lowest BCUT2D eigenvalue weighted by atomic mass is 9.99. The summed E-state index contributed by atoms with van der Waals surface area (Å²) in [5, 5.41) is 12.5. The van der Waals surface area contributed by atoms with Crippen molar-refractivity contribution in [2.45, 2.75) is 29.2 Å². The summed E-state index contributed by atoms with van der Waals surface area (Å²) in [6, 6.07) is 10.1. The fourth-order valence-electron chi connectivity index (χ4n) is 4.29. The maximum Gasteiger partial charge on any atom is 0.449 e. The van der Waals surface area contributed by atoms with E-state index in [1.54, 1.807) is 0 Å². The van der Waals surface area contributed by atoms with Crippen molar-refractivity contribution in [2.24, 2.45) is 0 Å². The smallest absolute Gasteiger partial charge is 0.449 e. The van der Waals surface area contributed by atoms with Gasteiger partial charge in [-0.15, -0.1) is 4.31 Å². The number of rotatable bonds is 13. The summed E-state index contributed by atoms with van der Waals surface area (Å²) >= 11 is 0. The number of amides is 3. The zero-order chi connectivity index (χ0) is 32.2. The van der Waals surface area contributed by atoms with Gasteiger partial charge < -0.3 is 14.6 Å².